The first-order valence-electron chi connectivity index (χ1n) is 11.0. The third-order valence-corrected chi connectivity index (χ3v) is 7.02. The molecule has 3 aliphatic carbocycles. The summed E-state index contributed by atoms with van der Waals surface area (Å²) in [5, 5.41) is 5.88. The second kappa shape index (κ2) is 8.47. The molecule has 33 heavy (non-hydrogen) atoms. The number of carbonyl (C=O) groups excluding carboxylic acids is 2. The predicted octanol–water partition coefficient (Wildman–Crippen LogP) is 5.48. The minimum Gasteiger partial charge on any atom is -0.351 e. The van der Waals surface area contributed by atoms with Crippen molar-refractivity contribution >= 4 is 17.5 Å². The van der Waals surface area contributed by atoms with Crippen molar-refractivity contribution in [1.29, 1.82) is 0 Å². The van der Waals surface area contributed by atoms with Crippen LogP contribution in [0.5, 0.6) is 0 Å². The van der Waals surface area contributed by atoms with Crippen LogP contribution in [0.4, 0.5) is 23.2 Å². The highest BCUT2D eigenvalue weighted by Crippen LogP contribution is 2.70. The van der Waals surface area contributed by atoms with Gasteiger partial charge in [-0.2, -0.15) is 13.2 Å². The van der Waals surface area contributed by atoms with Crippen molar-refractivity contribution in [1.82, 2.24) is 5.32 Å². The fraction of sp³-hybridized carbons (Fsp3) is 0.440. The van der Waals surface area contributed by atoms with Crippen LogP contribution in [0.25, 0.3) is 0 Å². The van der Waals surface area contributed by atoms with E-state index >= 15 is 0 Å². The fourth-order valence-corrected chi connectivity index (χ4v) is 5.23. The summed E-state index contributed by atoms with van der Waals surface area (Å²) in [7, 11) is 0. The number of hydrogen-bond donors (Lipinski definition) is 2. The average Bonchev–Trinajstić information content (AvgIpc) is 2.70. The second-order valence-corrected chi connectivity index (χ2v) is 9.49. The number of carbonyl (C=O) groups is 2. The lowest BCUT2D eigenvalue weighted by Crippen LogP contribution is -2.77. The third kappa shape index (κ3) is 4.89. The van der Waals surface area contributed by atoms with Gasteiger partial charge >= 0.3 is 6.18 Å². The smallest absolute Gasteiger partial charge is 0.351 e. The summed E-state index contributed by atoms with van der Waals surface area (Å²) < 4.78 is 51.5. The number of benzene rings is 2. The van der Waals surface area contributed by atoms with E-state index < -0.39 is 11.7 Å². The van der Waals surface area contributed by atoms with E-state index in [-0.39, 0.29) is 40.9 Å². The number of rotatable bonds is 8. The van der Waals surface area contributed by atoms with Crippen LogP contribution in [0.2, 0.25) is 0 Å². The number of anilines is 1. The van der Waals surface area contributed by atoms with Crippen molar-refractivity contribution in [2.75, 3.05) is 5.32 Å². The molecule has 0 unspecified atom stereocenters. The molecule has 0 heterocycles. The van der Waals surface area contributed by atoms with Crippen molar-refractivity contribution in [2.45, 2.75) is 57.2 Å². The van der Waals surface area contributed by atoms with Gasteiger partial charge in [-0.15, -0.1) is 0 Å². The summed E-state index contributed by atoms with van der Waals surface area (Å²) in [5.41, 5.74) is 0.0283. The van der Waals surface area contributed by atoms with Gasteiger partial charge in [0.25, 0.3) is 0 Å². The molecule has 2 bridgehead atoms. The van der Waals surface area contributed by atoms with Gasteiger partial charge in [0.2, 0.25) is 11.8 Å². The average molecular weight is 462 g/mol. The molecule has 4 nitrogen and oxygen atoms in total. The first-order valence-corrected chi connectivity index (χ1v) is 11.0. The second-order valence-electron chi connectivity index (χ2n) is 9.49. The van der Waals surface area contributed by atoms with Crippen molar-refractivity contribution in [2.24, 2.45) is 11.3 Å². The lowest BCUT2D eigenvalue weighted by atomic mass is 9.36. The molecule has 0 spiro atoms. The zero-order valence-electron chi connectivity index (χ0n) is 18.3. The summed E-state index contributed by atoms with van der Waals surface area (Å²) in [5.74, 6) is -0.837. The van der Waals surface area contributed by atoms with E-state index in [1.54, 1.807) is 6.07 Å². The largest absolute Gasteiger partial charge is 0.416 e. The SMILES string of the molecule is C[C@H](C(=O)Nc1ccc(F)cc1)C12CC(NC(=O)CCCc3cccc(C(F)(F)F)c3)(C1)C2. The van der Waals surface area contributed by atoms with Gasteiger partial charge in [-0.3, -0.25) is 9.59 Å². The maximum Gasteiger partial charge on any atom is 0.416 e. The van der Waals surface area contributed by atoms with E-state index in [0.717, 1.165) is 31.4 Å². The topological polar surface area (TPSA) is 58.2 Å². The van der Waals surface area contributed by atoms with Gasteiger partial charge in [-0.05, 0) is 73.4 Å². The molecule has 8 heteroatoms. The van der Waals surface area contributed by atoms with Crippen molar-refractivity contribution < 1.29 is 27.2 Å². The maximum absolute atomic E-state index is 13.0. The normalized spacial score (nSPS) is 24.3. The molecule has 0 aliphatic heterocycles. The molecule has 2 amide bonds. The molecule has 2 N–H and O–H groups in total. The van der Waals surface area contributed by atoms with Gasteiger partial charge in [0.15, 0.2) is 0 Å². The molecule has 176 valence electrons. The molecule has 2 aromatic rings. The Morgan fingerprint density at radius 1 is 1.06 bits per heavy atom. The number of nitrogens with one attached hydrogen (secondary N) is 2. The molecule has 3 aliphatic rings. The van der Waals surface area contributed by atoms with Gasteiger partial charge in [0, 0.05) is 23.6 Å². The fourth-order valence-electron chi connectivity index (χ4n) is 5.23. The molecule has 0 saturated heterocycles. The highest BCUT2D eigenvalue weighted by molar-refractivity contribution is 5.93. The van der Waals surface area contributed by atoms with Crippen LogP contribution >= 0.6 is 0 Å². The lowest BCUT2D eigenvalue weighted by Gasteiger charge is -2.72. The van der Waals surface area contributed by atoms with E-state index in [1.807, 2.05) is 6.92 Å². The zero-order valence-corrected chi connectivity index (χ0v) is 18.3. The summed E-state index contributed by atoms with van der Waals surface area (Å²) in [6.07, 6.45) is -1.07. The van der Waals surface area contributed by atoms with Crippen LogP contribution in [0.3, 0.4) is 0 Å². The van der Waals surface area contributed by atoms with Gasteiger partial charge in [0.05, 0.1) is 5.56 Å². The van der Waals surface area contributed by atoms with Gasteiger partial charge in [-0.25, -0.2) is 4.39 Å². The molecule has 0 radical (unpaired) electrons. The Kier molecular flexibility index (Phi) is 5.97. The van der Waals surface area contributed by atoms with E-state index in [2.05, 4.69) is 10.6 Å². The van der Waals surface area contributed by atoms with Crippen LogP contribution in [0.1, 0.15) is 50.2 Å². The molecule has 2 aromatic carbocycles. The summed E-state index contributed by atoms with van der Waals surface area (Å²) in [6, 6.07) is 10.8. The van der Waals surface area contributed by atoms with E-state index in [0.29, 0.717) is 24.1 Å². The van der Waals surface area contributed by atoms with Crippen LogP contribution in [0.15, 0.2) is 48.5 Å². The monoisotopic (exact) mass is 462 g/mol. The lowest BCUT2D eigenvalue weighted by molar-refractivity contribution is -0.191. The minimum absolute atomic E-state index is 0.112. The van der Waals surface area contributed by atoms with Crippen molar-refractivity contribution in [3.05, 3.63) is 65.5 Å². The standard InChI is InChI=1S/C25H26F4N2O2/c1-16(22(33)30-20-10-8-19(26)9-11-20)23-13-24(14-23,15-23)31-21(32)7-3-5-17-4-2-6-18(12-17)25(27,28)29/h2,4,6,8-12,16H,3,5,7,13-15H2,1H3,(H,30,33)(H,31,32)/t16-,23?,24?/m1/s1. The number of amides is 2. The van der Waals surface area contributed by atoms with E-state index in [4.69, 9.17) is 0 Å². The highest BCUT2D eigenvalue weighted by Gasteiger charge is 2.71. The van der Waals surface area contributed by atoms with Crippen molar-refractivity contribution in [3.8, 4) is 0 Å². The van der Waals surface area contributed by atoms with Crippen LogP contribution in [0, 0.1) is 17.2 Å². The first-order chi connectivity index (χ1) is 15.5. The van der Waals surface area contributed by atoms with E-state index in [1.165, 1.54) is 30.3 Å². The maximum atomic E-state index is 13.0. The Balaban J connectivity index is 1.20. The molecular weight excluding hydrogens is 436 g/mol. The summed E-state index contributed by atoms with van der Waals surface area (Å²) >= 11 is 0. The third-order valence-electron chi connectivity index (χ3n) is 7.02. The predicted molar refractivity (Wildman–Crippen MR) is 116 cm³/mol. The molecule has 3 saturated carbocycles. The number of alkyl halides is 3. The quantitative estimate of drug-likeness (QED) is 0.511. The molecule has 3 fully saturated rings. The molecular formula is C25H26F4N2O2. The van der Waals surface area contributed by atoms with Crippen molar-refractivity contribution in [3.63, 3.8) is 0 Å². The number of aryl methyl sites for hydroxylation is 1. The Morgan fingerprint density at radius 2 is 1.73 bits per heavy atom. The van der Waals surface area contributed by atoms with E-state index in [9.17, 15) is 27.2 Å². The van der Waals surface area contributed by atoms with Crippen LogP contribution in [-0.2, 0) is 22.2 Å². The minimum atomic E-state index is -4.37. The van der Waals surface area contributed by atoms with Gasteiger partial charge < -0.3 is 10.6 Å². The van der Waals surface area contributed by atoms with Crippen LogP contribution < -0.4 is 10.6 Å². The van der Waals surface area contributed by atoms with Crippen LogP contribution in [-0.4, -0.2) is 17.4 Å². The zero-order chi connectivity index (χ0) is 23.9. The van der Waals surface area contributed by atoms with Gasteiger partial charge in [-0.1, -0.05) is 25.1 Å². The Bertz CT molecular complexity index is 1030. The summed E-state index contributed by atoms with van der Waals surface area (Å²) in [6.45, 7) is 1.87. The number of halogens is 4. The molecule has 0 aromatic heterocycles. The Labute approximate surface area is 189 Å². The van der Waals surface area contributed by atoms with Gasteiger partial charge in [0.1, 0.15) is 5.82 Å². The Hall–Kier alpha value is -2.90. The molecule has 1 atom stereocenters. The highest BCUT2D eigenvalue weighted by atomic mass is 19.4. The summed E-state index contributed by atoms with van der Waals surface area (Å²) in [4.78, 5) is 25.0. The first kappa shape index (κ1) is 23.3. The Morgan fingerprint density at radius 3 is 2.36 bits per heavy atom. The molecule has 5 rings (SSSR count). The number of hydrogen-bond acceptors (Lipinski definition) is 2.